The summed E-state index contributed by atoms with van der Waals surface area (Å²) in [5.74, 6) is 0.129. The molecule has 102 valence electrons. The first-order chi connectivity index (χ1) is 9.12. The molecule has 1 unspecified atom stereocenters. The maximum atomic E-state index is 11.9. The molecule has 0 aliphatic carbocycles. The monoisotopic (exact) mass is 279 g/mol. The van der Waals surface area contributed by atoms with Crippen LogP contribution in [0.15, 0.2) is 30.3 Å². The number of amides is 1. The third-order valence-electron chi connectivity index (χ3n) is 3.29. The smallest absolute Gasteiger partial charge is 0.330 e. The summed E-state index contributed by atoms with van der Waals surface area (Å²) in [6.07, 6.45) is 1.46. The first-order valence-corrected chi connectivity index (χ1v) is 7.44. The summed E-state index contributed by atoms with van der Waals surface area (Å²) in [6, 6.07) is 9.72. The number of aryl methyl sites for hydroxylation is 1. The Morgan fingerprint density at radius 2 is 2.05 bits per heavy atom. The van der Waals surface area contributed by atoms with Crippen molar-refractivity contribution in [3.05, 3.63) is 35.9 Å². The highest BCUT2D eigenvalue weighted by Crippen LogP contribution is 2.28. The van der Waals surface area contributed by atoms with Crippen molar-refractivity contribution in [3.8, 4) is 0 Å². The summed E-state index contributed by atoms with van der Waals surface area (Å²) < 4.78 is 0. The van der Waals surface area contributed by atoms with Gasteiger partial charge in [-0.3, -0.25) is 4.79 Å². The van der Waals surface area contributed by atoms with Gasteiger partial charge in [-0.05, 0) is 24.2 Å². The van der Waals surface area contributed by atoms with Gasteiger partial charge < -0.3 is 10.4 Å². The predicted octanol–water partition coefficient (Wildman–Crippen LogP) is 1.70. The number of carboxylic acids is 1. The standard InChI is InChI=1S/C14H17NO3S/c16-12(7-6-11-4-2-1-3-5-11)15-14(13(17)18)8-9-19-10-14/h1-5H,6-10H2,(H,15,16)(H,17,18). The molecule has 19 heavy (non-hydrogen) atoms. The van der Waals surface area contributed by atoms with Crippen LogP contribution in [0.5, 0.6) is 0 Å². The minimum absolute atomic E-state index is 0.186. The van der Waals surface area contributed by atoms with Crippen LogP contribution in [-0.4, -0.2) is 34.0 Å². The molecule has 1 fully saturated rings. The van der Waals surface area contributed by atoms with Crippen molar-refractivity contribution in [2.45, 2.75) is 24.8 Å². The summed E-state index contributed by atoms with van der Waals surface area (Å²) in [7, 11) is 0. The van der Waals surface area contributed by atoms with E-state index < -0.39 is 11.5 Å². The van der Waals surface area contributed by atoms with Crippen LogP contribution in [0.25, 0.3) is 0 Å². The molecular weight excluding hydrogens is 262 g/mol. The summed E-state index contributed by atoms with van der Waals surface area (Å²) in [4.78, 5) is 23.2. The number of benzene rings is 1. The minimum atomic E-state index is -1.06. The fourth-order valence-electron chi connectivity index (χ4n) is 2.12. The van der Waals surface area contributed by atoms with Crippen LogP contribution in [-0.2, 0) is 16.0 Å². The molecule has 0 bridgehead atoms. The highest BCUT2D eigenvalue weighted by atomic mass is 32.2. The van der Waals surface area contributed by atoms with E-state index >= 15 is 0 Å². The normalized spacial score (nSPS) is 22.1. The molecule has 1 aromatic carbocycles. The van der Waals surface area contributed by atoms with Crippen LogP contribution >= 0.6 is 11.8 Å². The Hall–Kier alpha value is -1.49. The van der Waals surface area contributed by atoms with E-state index in [9.17, 15) is 14.7 Å². The fourth-order valence-corrected chi connectivity index (χ4v) is 3.44. The van der Waals surface area contributed by atoms with Crippen LogP contribution in [0, 0.1) is 0 Å². The van der Waals surface area contributed by atoms with Crippen LogP contribution in [0.1, 0.15) is 18.4 Å². The molecule has 2 rings (SSSR count). The number of carbonyl (C=O) groups excluding carboxylic acids is 1. The predicted molar refractivity (Wildman–Crippen MR) is 75.2 cm³/mol. The van der Waals surface area contributed by atoms with Crippen molar-refractivity contribution in [2.75, 3.05) is 11.5 Å². The van der Waals surface area contributed by atoms with Gasteiger partial charge in [0.2, 0.25) is 5.91 Å². The molecule has 1 saturated heterocycles. The maximum Gasteiger partial charge on any atom is 0.330 e. The third kappa shape index (κ3) is 3.50. The molecule has 1 heterocycles. The zero-order chi connectivity index (χ0) is 13.7. The molecule has 0 aromatic heterocycles. The number of carbonyl (C=O) groups is 2. The summed E-state index contributed by atoms with van der Waals surface area (Å²) in [5, 5.41) is 12.0. The molecule has 5 heteroatoms. The Morgan fingerprint density at radius 3 is 2.63 bits per heavy atom. The van der Waals surface area contributed by atoms with Gasteiger partial charge in [-0.25, -0.2) is 4.79 Å². The van der Waals surface area contributed by atoms with Crippen molar-refractivity contribution in [2.24, 2.45) is 0 Å². The van der Waals surface area contributed by atoms with Gasteiger partial charge >= 0.3 is 5.97 Å². The molecule has 1 aliphatic rings. The van der Waals surface area contributed by atoms with E-state index in [1.165, 1.54) is 0 Å². The Morgan fingerprint density at radius 1 is 1.32 bits per heavy atom. The molecule has 1 aromatic rings. The summed E-state index contributed by atoms with van der Waals surface area (Å²) in [6.45, 7) is 0. The van der Waals surface area contributed by atoms with Crippen molar-refractivity contribution < 1.29 is 14.7 Å². The van der Waals surface area contributed by atoms with E-state index in [0.717, 1.165) is 11.3 Å². The van der Waals surface area contributed by atoms with Crippen LogP contribution in [0.4, 0.5) is 0 Å². The number of aliphatic carboxylic acids is 1. The highest BCUT2D eigenvalue weighted by molar-refractivity contribution is 7.99. The second kappa shape index (κ2) is 6.10. The van der Waals surface area contributed by atoms with Crippen molar-refractivity contribution in [1.29, 1.82) is 0 Å². The van der Waals surface area contributed by atoms with E-state index in [4.69, 9.17) is 0 Å². The average Bonchev–Trinajstić information content (AvgIpc) is 2.87. The Labute approximate surface area is 116 Å². The molecule has 0 spiro atoms. The molecular formula is C14H17NO3S. The van der Waals surface area contributed by atoms with Gasteiger partial charge in [-0.2, -0.15) is 11.8 Å². The van der Waals surface area contributed by atoms with Gasteiger partial charge in [0.05, 0.1) is 0 Å². The SMILES string of the molecule is O=C(CCc1ccccc1)NC1(C(=O)O)CCSC1. The number of hydrogen-bond acceptors (Lipinski definition) is 3. The number of carboxylic acid groups (broad SMARTS) is 1. The Balaban J connectivity index is 1.88. The highest BCUT2D eigenvalue weighted by Gasteiger charge is 2.43. The van der Waals surface area contributed by atoms with E-state index in [2.05, 4.69) is 5.32 Å². The summed E-state index contributed by atoms with van der Waals surface area (Å²) in [5.41, 5.74) is 0.0288. The lowest BCUT2D eigenvalue weighted by molar-refractivity contribution is -0.146. The maximum absolute atomic E-state index is 11.9. The van der Waals surface area contributed by atoms with Gasteiger partial charge in [-0.1, -0.05) is 30.3 Å². The average molecular weight is 279 g/mol. The molecule has 1 aliphatic heterocycles. The molecule has 2 N–H and O–H groups in total. The molecule has 0 saturated carbocycles. The van der Waals surface area contributed by atoms with Gasteiger partial charge in [0, 0.05) is 12.2 Å². The first-order valence-electron chi connectivity index (χ1n) is 6.28. The fraction of sp³-hybridized carbons (Fsp3) is 0.429. The second-order valence-corrected chi connectivity index (χ2v) is 5.83. The number of nitrogens with one attached hydrogen (secondary N) is 1. The lowest BCUT2D eigenvalue weighted by Crippen LogP contribution is -2.54. The lowest BCUT2D eigenvalue weighted by atomic mass is 9.98. The van der Waals surface area contributed by atoms with Gasteiger partial charge in [0.25, 0.3) is 0 Å². The van der Waals surface area contributed by atoms with Gasteiger partial charge in [0.1, 0.15) is 5.54 Å². The first kappa shape index (κ1) is 13.9. The summed E-state index contributed by atoms with van der Waals surface area (Å²) >= 11 is 1.57. The van der Waals surface area contributed by atoms with Crippen molar-refractivity contribution >= 4 is 23.6 Å². The Kier molecular flexibility index (Phi) is 4.47. The van der Waals surface area contributed by atoms with E-state index in [1.807, 2.05) is 30.3 Å². The number of rotatable bonds is 5. The van der Waals surface area contributed by atoms with Crippen LogP contribution in [0.2, 0.25) is 0 Å². The zero-order valence-electron chi connectivity index (χ0n) is 10.6. The molecule has 0 radical (unpaired) electrons. The minimum Gasteiger partial charge on any atom is -0.479 e. The van der Waals surface area contributed by atoms with E-state index in [0.29, 0.717) is 25.0 Å². The Bertz CT molecular complexity index is 455. The molecule has 1 amide bonds. The van der Waals surface area contributed by atoms with Crippen LogP contribution in [0.3, 0.4) is 0 Å². The van der Waals surface area contributed by atoms with Crippen molar-refractivity contribution in [1.82, 2.24) is 5.32 Å². The van der Waals surface area contributed by atoms with Gasteiger partial charge in [-0.15, -0.1) is 0 Å². The second-order valence-electron chi connectivity index (χ2n) is 4.72. The molecule has 1 atom stereocenters. The number of thioether (sulfide) groups is 1. The van der Waals surface area contributed by atoms with Crippen molar-refractivity contribution in [3.63, 3.8) is 0 Å². The number of hydrogen-bond donors (Lipinski definition) is 2. The lowest BCUT2D eigenvalue weighted by Gasteiger charge is -2.24. The topological polar surface area (TPSA) is 66.4 Å². The zero-order valence-corrected chi connectivity index (χ0v) is 11.4. The third-order valence-corrected chi connectivity index (χ3v) is 4.48. The van der Waals surface area contributed by atoms with Crippen LogP contribution < -0.4 is 5.32 Å². The van der Waals surface area contributed by atoms with E-state index in [-0.39, 0.29) is 5.91 Å². The quantitative estimate of drug-likeness (QED) is 0.861. The van der Waals surface area contributed by atoms with Gasteiger partial charge in [0.15, 0.2) is 0 Å². The molecule has 4 nitrogen and oxygen atoms in total. The largest absolute Gasteiger partial charge is 0.479 e. The van der Waals surface area contributed by atoms with E-state index in [1.54, 1.807) is 11.8 Å².